The van der Waals surface area contributed by atoms with Gasteiger partial charge in [-0.15, -0.1) is 11.3 Å². The summed E-state index contributed by atoms with van der Waals surface area (Å²) in [6.45, 7) is 0. The molecule has 0 bridgehead atoms. The van der Waals surface area contributed by atoms with Gasteiger partial charge >= 0.3 is 0 Å². The molecule has 0 unspecified atom stereocenters. The Morgan fingerprint density at radius 2 is 1.14 bits per heavy atom. The van der Waals surface area contributed by atoms with Gasteiger partial charge in [-0.3, -0.25) is 4.57 Å². The number of hydrogen-bond donors (Lipinski definition) is 0. The first kappa shape index (κ1) is 23.5. The average Bonchev–Trinajstić information content (AvgIpc) is 3.62. The number of aromatic nitrogens is 3. The molecule has 0 saturated heterocycles. The van der Waals surface area contributed by atoms with Crippen molar-refractivity contribution in [1.82, 2.24) is 14.5 Å². The van der Waals surface area contributed by atoms with E-state index < -0.39 is 0 Å². The maximum atomic E-state index is 7.08. The average molecular weight is 586 g/mol. The lowest BCUT2D eigenvalue weighted by molar-refractivity contribution is 1.08. The van der Waals surface area contributed by atoms with Crippen molar-refractivity contribution in [3.8, 4) is 5.82 Å². The highest BCUT2D eigenvalue weighted by Gasteiger charge is 2.24. The highest BCUT2D eigenvalue weighted by atomic mass is 35.5. The maximum absolute atomic E-state index is 7.08. The standard InChI is InChI=1S/C38H20ClN3S/c39-37-38(41-33-23-11-3-1-9-21(23)18-20-29(33)40-37)42-30-16-8-7-15-27(30)31-25-13-5-6-14-26(25)32-28-19-17-22-10-2-4-12-24(22)35(28)43-36(32)34(31)42/h1-20H. The molecule has 3 nitrogen and oxygen atoms in total. The van der Waals surface area contributed by atoms with Crippen LogP contribution in [-0.2, 0) is 0 Å². The van der Waals surface area contributed by atoms with Crippen molar-refractivity contribution in [2.75, 3.05) is 0 Å². The summed E-state index contributed by atoms with van der Waals surface area (Å²) in [6, 6.07) is 43.0. The lowest BCUT2D eigenvalue weighted by atomic mass is 9.98. The van der Waals surface area contributed by atoms with Gasteiger partial charge in [-0.05, 0) is 39.1 Å². The van der Waals surface area contributed by atoms with E-state index in [1.54, 1.807) is 0 Å². The Bertz CT molecular complexity index is 2810. The van der Waals surface area contributed by atoms with E-state index in [-0.39, 0.29) is 0 Å². The van der Waals surface area contributed by atoms with Crippen molar-refractivity contribution in [1.29, 1.82) is 0 Å². The zero-order valence-electron chi connectivity index (χ0n) is 22.7. The van der Waals surface area contributed by atoms with Crippen LogP contribution >= 0.6 is 22.9 Å². The van der Waals surface area contributed by atoms with Gasteiger partial charge in [-0.2, -0.15) is 0 Å². The van der Waals surface area contributed by atoms with Gasteiger partial charge in [0.25, 0.3) is 0 Å². The Balaban J connectivity index is 1.48. The van der Waals surface area contributed by atoms with Gasteiger partial charge in [0.15, 0.2) is 11.0 Å². The minimum atomic E-state index is 0.387. The van der Waals surface area contributed by atoms with Crippen molar-refractivity contribution in [3.05, 3.63) is 126 Å². The summed E-state index contributed by atoms with van der Waals surface area (Å²) in [7, 11) is 0. The largest absolute Gasteiger partial charge is 0.290 e. The third kappa shape index (κ3) is 3.09. The van der Waals surface area contributed by atoms with E-state index in [9.17, 15) is 0 Å². The van der Waals surface area contributed by atoms with Gasteiger partial charge in [0.1, 0.15) is 0 Å². The molecule has 43 heavy (non-hydrogen) atoms. The first-order chi connectivity index (χ1) is 21.3. The number of rotatable bonds is 1. The van der Waals surface area contributed by atoms with Gasteiger partial charge in [0.2, 0.25) is 0 Å². The van der Waals surface area contributed by atoms with E-state index in [4.69, 9.17) is 21.6 Å². The molecule has 0 aliphatic heterocycles. The summed E-state index contributed by atoms with van der Waals surface area (Å²) in [6.07, 6.45) is 0. The van der Waals surface area contributed by atoms with E-state index in [0.29, 0.717) is 11.0 Å². The predicted molar refractivity (Wildman–Crippen MR) is 184 cm³/mol. The Hall–Kier alpha value is -5.03. The summed E-state index contributed by atoms with van der Waals surface area (Å²) in [5.41, 5.74) is 3.82. The molecule has 10 aromatic rings. The molecule has 200 valence electrons. The SMILES string of the molecule is Clc1nc2ccc3ccccc3c2nc1-n1c2ccccc2c2c3ccccc3c3c4ccc5ccccc5c4sc3c21. The van der Waals surface area contributed by atoms with Crippen LogP contribution in [0.2, 0.25) is 5.15 Å². The molecular formula is C38H20ClN3S. The first-order valence-electron chi connectivity index (χ1n) is 14.3. The monoisotopic (exact) mass is 585 g/mol. The second kappa shape index (κ2) is 8.51. The molecule has 0 radical (unpaired) electrons. The molecule has 7 aromatic carbocycles. The Morgan fingerprint density at radius 3 is 1.95 bits per heavy atom. The molecule has 0 amide bonds. The summed E-state index contributed by atoms with van der Waals surface area (Å²) >= 11 is 8.94. The minimum Gasteiger partial charge on any atom is -0.290 e. The first-order valence-corrected chi connectivity index (χ1v) is 15.5. The van der Waals surface area contributed by atoms with Crippen molar-refractivity contribution < 1.29 is 0 Å². The van der Waals surface area contributed by atoms with E-state index in [1.807, 2.05) is 17.4 Å². The fourth-order valence-corrected chi connectivity index (χ4v) is 8.64. The quantitative estimate of drug-likeness (QED) is 0.179. The van der Waals surface area contributed by atoms with Crippen LogP contribution in [-0.4, -0.2) is 14.5 Å². The highest BCUT2D eigenvalue weighted by molar-refractivity contribution is 7.27. The van der Waals surface area contributed by atoms with Crippen LogP contribution in [0.25, 0.3) is 91.1 Å². The van der Waals surface area contributed by atoms with Crippen molar-refractivity contribution >= 4 is 108 Å². The highest BCUT2D eigenvalue weighted by Crippen LogP contribution is 2.49. The fraction of sp³-hybridized carbons (Fsp3) is 0. The third-order valence-corrected chi connectivity index (χ3v) is 10.3. The number of nitrogens with zero attached hydrogens (tertiary/aromatic N) is 3. The Morgan fingerprint density at radius 1 is 0.512 bits per heavy atom. The van der Waals surface area contributed by atoms with Crippen molar-refractivity contribution in [3.63, 3.8) is 0 Å². The molecule has 10 rings (SSSR count). The number of thiophene rings is 1. The van der Waals surface area contributed by atoms with E-state index in [2.05, 4.69) is 120 Å². The fourth-order valence-electron chi connectivity index (χ4n) is 7.03. The number of fused-ring (bicyclic) bond motifs is 15. The zero-order chi connectivity index (χ0) is 28.2. The van der Waals surface area contributed by atoms with E-state index in [0.717, 1.165) is 32.8 Å². The Labute approximate surface area is 254 Å². The van der Waals surface area contributed by atoms with Crippen LogP contribution in [0.15, 0.2) is 121 Å². The molecule has 0 N–H and O–H groups in total. The van der Waals surface area contributed by atoms with Gasteiger partial charge in [0, 0.05) is 31.6 Å². The third-order valence-electron chi connectivity index (χ3n) is 8.85. The number of halogens is 1. The van der Waals surface area contributed by atoms with Gasteiger partial charge < -0.3 is 0 Å². The molecule has 0 aliphatic carbocycles. The minimum absolute atomic E-state index is 0.387. The lowest BCUT2D eigenvalue weighted by Crippen LogP contribution is -2.01. The van der Waals surface area contributed by atoms with Gasteiger partial charge in [-0.25, -0.2) is 9.97 Å². The Kier molecular flexibility index (Phi) is 4.66. The van der Waals surface area contributed by atoms with Crippen molar-refractivity contribution in [2.24, 2.45) is 0 Å². The second-order valence-corrected chi connectivity index (χ2v) is 12.5. The maximum Gasteiger partial charge on any atom is 0.176 e. The number of para-hydroxylation sites is 1. The molecular weight excluding hydrogens is 566 g/mol. The van der Waals surface area contributed by atoms with Crippen LogP contribution in [0.1, 0.15) is 0 Å². The molecule has 0 spiro atoms. The molecule has 0 atom stereocenters. The normalized spacial score (nSPS) is 12.3. The molecule has 0 aliphatic rings. The second-order valence-electron chi connectivity index (χ2n) is 11.1. The van der Waals surface area contributed by atoms with Gasteiger partial charge in [-0.1, -0.05) is 121 Å². The predicted octanol–water partition coefficient (Wildman–Crippen LogP) is 11.2. The van der Waals surface area contributed by atoms with Crippen LogP contribution in [0.3, 0.4) is 0 Å². The van der Waals surface area contributed by atoms with Crippen LogP contribution in [0.4, 0.5) is 0 Å². The summed E-state index contributed by atoms with van der Waals surface area (Å²) in [4.78, 5) is 10.2. The molecule has 5 heteroatoms. The van der Waals surface area contributed by atoms with E-state index >= 15 is 0 Å². The molecule has 0 saturated carbocycles. The molecule has 3 aromatic heterocycles. The van der Waals surface area contributed by atoms with Crippen LogP contribution in [0, 0.1) is 0 Å². The topological polar surface area (TPSA) is 30.7 Å². The van der Waals surface area contributed by atoms with Crippen LogP contribution < -0.4 is 0 Å². The number of benzene rings is 7. The van der Waals surface area contributed by atoms with Crippen molar-refractivity contribution in [2.45, 2.75) is 0 Å². The molecule has 3 heterocycles. The van der Waals surface area contributed by atoms with E-state index in [1.165, 1.54) is 52.5 Å². The van der Waals surface area contributed by atoms with Gasteiger partial charge in [0.05, 0.1) is 26.8 Å². The summed E-state index contributed by atoms with van der Waals surface area (Å²) in [5, 5.41) is 12.5. The lowest BCUT2D eigenvalue weighted by Gasteiger charge is -2.12. The van der Waals surface area contributed by atoms with Crippen LogP contribution in [0.5, 0.6) is 0 Å². The zero-order valence-corrected chi connectivity index (χ0v) is 24.2. The number of hydrogen-bond acceptors (Lipinski definition) is 3. The summed E-state index contributed by atoms with van der Waals surface area (Å²) < 4.78 is 4.78. The smallest absolute Gasteiger partial charge is 0.176 e. The summed E-state index contributed by atoms with van der Waals surface area (Å²) in [5.74, 6) is 0.649. The molecule has 0 fully saturated rings.